The predicted octanol–water partition coefficient (Wildman–Crippen LogP) is 0.906. The first-order valence-electron chi connectivity index (χ1n) is 4.99. The van der Waals surface area contributed by atoms with Crippen LogP contribution in [0, 0.1) is 0 Å². The third-order valence-electron chi connectivity index (χ3n) is 2.07. The molecule has 0 atom stereocenters. The monoisotopic (exact) mass is 188 g/mol. The van der Waals surface area contributed by atoms with Crippen molar-refractivity contribution in [2.45, 2.75) is 12.8 Å². The van der Waals surface area contributed by atoms with E-state index in [1.54, 1.807) is 7.11 Å². The highest BCUT2D eigenvalue weighted by Crippen LogP contribution is 1.93. The Hall–Kier alpha value is -0.120. The number of hydrogen-bond donors (Lipinski definition) is 0. The van der Waals surface area contributed by atoms with Gasteiger partial charge in [-0.05, 0) is 40.5 Å². The molecule has 3 nitrogen and oxygen atoms in total. The second-order valence-electron chi connectivity index (χ2n) is 3.81. The van der Waals surface area contributed by atoms with E-state index in [0.29, 0.717) is 0 Å². The zero-order valence-corrected chi connectivity index (χ0v) is 9.55. The Morgan fingerprint density at radius 3 is 2.15 bits per heavy atom. The van der Waals surface area contributed by atoms with Gasteiger partial charge in [-0.3, -0.25) is 0 Å². The summed E-state index contributed by atoms with van der Waals surface area (Å²) >= 11 is 0. The van der Waals surface area contributed by atoms with Crippen LogP contribution in [0.1, 0.15) is 12.8 Å². The van der Waals surface area contributed by atoms with Gasteiger partial charge in [0.05, 0.1) is 0 Å². The van der Waals surface area contributed by atoms with E-state index in [1.807, 2.05) is 0 Å². The minimum absolute atomic E-state index is 0.890. The molecular weight excluding hydrogens is 164 g/mol. The highest BCUT2D eigenvalue weighted by Gasteiger charge is 1.98. The molecule has 0 saturated heterocycles. The molecule has 13 heavy (non-hydrogen) atoms. The first-order valence-corrected chi connectivity index (χ1v) is 4.99. The number of unbranched alkanes of at least 4 members (excludes halogenated alkanes) is 1. The molecule has 0 heterocycles. The first kappa shape index (κ1) is 12.9. The van der Waals surface area contributed by atoms with Gasteiger partial charge in [0.2, 0.25) is 0 Å². The van der Waals surface area contributed by atoms with Crippen molar-refractivity contribution in [1.29, 1.82) is 0 Å². The number of hydrogen-bond acceptors (Lipinski definition) is 3. The molecular formula is C10H24N2O. The fourth-order valence-electron chi connectivity index (χ4n) is 1.11. The molecule has 0 rings (SSSR count). The molecule has 0 aromatic heterocycles. The zero-order valence-electron chi connectivity index (χ0n) is 9.55. The Morgan fingerprint density at radius 2 is 1.62 bits per heavy atom. The van der Waals surface area contributed by atoms with Gasteiger partial charge in [0.1, 0.15) is 0 Å². The predicted molar refractivity (Wildman–Crippen MR) is 57.2 cm³/mol. The number of likely N-dealkylation sites (N-methyl/N-ethyl adjacent to an activating group) is 2. The summed E-state index contributed by atoms with van der Waals surface area (Å²) in [6, 6.07) is 0. The largest absolute Gasteiger partial charge is 0.385 e. The van der Waals surface area contributed by atoms with Crippen LogP contribution in [0.2, 0.25) is 0 Å². The van der Waals surface area contributed by atoms with Crippen LogP contribution in [0.5, 0.6) is 0 Å². The molecule has 0 fully saturated rings. The Labute approximate surface area is 82.7 Å². The standard InChI is InChI=1S/C10H24N2O/c1-11(2)8-9-12(3)7-5-6-10-13-4/h5-10H2,1-4H3. The second-order valence-corrected chi connectivity index (χ2v) is 3.81. The van der Waals surface area contributed by atoms with Crippen LogP contribution in [0.4, 0.5) is 0 Å². The van der Waals surface area contributed by atoms with Gasteiger partial charge in [0.15, 0.2) is 0 Å². The lowest BCUT2D eigenvalue weighted by Gasteiger charge is -2.18. The van der Waals surface area contributed by atoms with Crippen molar-refractivity contribution in [3.63, 3.8) is 0 Å². The maximum absolute atomic E-state index is 5.00. The SMILES string of the molecule is COCCCCN(C)CCN(C)C. The van der Waals surface area contributed by atoms with Crippen LogP contribution >= 0.6 is 0 Å². The average molecular weight is 188 g/mol. The summed E-state index contributed by atoms with van der Waals surface area (Å²) < 4.78 is 5.00. The molecule has 0 bridgehead atoms. The van der Waals surface area contributed by atoms with Gasteiger partial charge in [-0.15, -0.1) is 0 Å². The molecule has 0 unspecified atom stereocenters. The second kappa shape index (κ2) is 8.48. The number of rotatable bonds is 8. The summed E-state index contributed by atoms with van der Waals surface area (Å²) in [5, 5.41) is 0. The molecule has 0 spiro atoms. The van der Waals surface area contributed by atoms with E-state index >= 15 is 0 Å². The van der Waals surface area contributed by atoms with Crippen molar-refractivity contribution >= 4 is 0 Å². The van der Waals surface area contributed by atoms with E-state index in [1.165, 1.54) is 19.4 Å². The third kappa shape index (κ3) is 9.80. The van der Waals surface area contributed by atoms with Crippen molar-refractivity contribution in [3.8, 4) is 0 Å². The molecule has 0 aliphatic carbocycles. The number of ether oxygens (including phenoxy) is 1. The summed E-state index contributed by atoms with van der Waals surface area (Å²) in [4.78, 5) is 4.58. The summed E-state index contributed by atoms with van der Waals surface area (Å²) in [5.74, 6) is 0. The topological polar surface area (TPSA) is 15.7 Å². The Bertz CT molecular complexity index is 107. The summed E-state index contributed by atoms with van der Waals surface area (Å²) in [6.45, 7) is 4.36. The van der Waals surface area contributed by atoms with Crippen LogP contribution in [-0.2, 0) is 4.74 Å². The van der Waals surface area contributed by atoms with Crippen LogP contribution in [0.25, 0.3) is 0 Å². The molecule has 3 heteroatoms. The summed E-state index contributed by atoms with van der Waals surface area (Å²) in [7, 11) is 8.16. The van der Waals surface area contributed by atoms with Crippen LogP contribution in [0.15, 0.2) is 0 Å². The Balaban J connectivity index is 3.15. The van der Waals surface area contributed by atoms with E-state index in [2.05, 4.69) is 30.9 Å². The smallest absolute Gasteiger partial charge is 0.0462 e. The number of methoxy groups -OCH3 is 1. The van der Waals surface area contributed by atoms with Crippen molar-refractivity contribution in [2.75, 3.05) is 54.5 Å². The highest BCUT2D eigenvalue weighted by atomic mass is 16.5. The minimum Gasteiger partial charge on any atom is -0.385 e. The molecule has 0 aromatic rings. The van der Waals surface area contributed by atoms with Gasteiger partial charge in [0.25, 0.3) is 0 Å². The van der Waals surface area contributed by atoms with E-state index in [0.717, 1.165) is 19.7 Å². The van der Waals surface area contributed by atoms with E-state index in [9.17, 15) is 0 Å². The summed E-state index contributed by atoms with van der Waals surface area (Å²) in [5.41, 5.74) is 0. The van der Waals surface area contributed by atoms with Crippen molar-refractivity contribution in [1.82, 2.24) is 9.80 Å². The van der Waals surface area contributed by atoms with Crippen LogP contribution < -0.4 is 0 Å². The molecule has 0 N–H and O–H groups in total. The van der Waals surface area contributed by atoms with Crippen LogP contribution in [-0.4, -0.2) is 64.3 Å². The summed E-state index contributed by atoms with van der Waals surface area (Å²) in [6.07, 6.45) is 2.40. The molecule has 80 valence electrons. The molecule has 0 amide bonds. The quantitative estimate of drug-likeness (QED) is 0.527. The first-order chi connectivity index (χ1) is 6.16. The third-order valence-corrected chi connectivity index (χ3v) is 2.07. The zero-order chi connectivity index (χ0) is 10.1. The van der Waals surface area contributed by atoms with Crippen molar-refractivity contribution in [2.24, 2.45) is 0 Å². The van der Waals surface area contributed by atoms with Gasteiger partial charge in [-0.1, -0.05) is 0 Å². The van der Waals surface area contributed by atoms with Gasteiger partial charge >= 0.3 is 0 Å². The van der Waals surface area contributed by atoms with E-state index < -0.39 is 0 Å². The molecule has 0 saturated carbocycles. The normalized spacial score (nSPS) is 11.5. The lowest BCUT2D eigenvalue weighted by atomic mass is 10.3. The van der Waals surface area contributed by atoms with Gasteiger partial charge in [-0.2, -0.15) is 0 Å². The minimum atomic E-state index is 0.890. The highest BCUT2D eigenvalue weighted by molar-refractivity contribution is 4.54. The Morgan fingerprint density at radius 1 is 0.923 bits per heavy atom. The van der Waals surface area contributed by atoms with E-state index in [4.69, 9.17) is 4.74 Å². The van der Waals surface area contributed by atoms with Crippen molar-refractivity contribution < 1.29 is 4.74 Å². The van der Waals surface area contributed by atoms with Crippen molar-refractivity contribution in [3.05, 3.63) is 0 Å². The molecule has 0 aromatic carbocycles. The van der Waals surface area contributed by atoms with Gasteiger partial charge in [0, 0.05) is 26.8 Å². The van der Waals surface area contributed by atoms with E-state index in [-0.39, 0.29) is 0 Å². The Kier molecular flexibility index (Phi) is 8.40. The fraction of sp³-hybridized carbons (Fsp3) is 1.00. The molecule has 0 aliphatic heterocycles. The van der Waals surface area contributed by atoms with Crippen LogP contribution in [0.3, 0.4) is 0 Å². The lowest BCUT2D eigenvalue weighted by molar-refractivity contribution is 0.186. The lowest BCUT2D eigenvalue weighted by Crippen LogP contribution is -2.29. The molecule has 0 radical (unpaired) electrons. The van der Waals surface area contributed by atoms with Gasteiger partial charge < -0.3 is 14.5 Å². The average Bonchev–Trinajstić information content (AvgIpc) is 2.09. The maximum atomic E-state index is 5.00. The molecule has 0 aliphatic rings. The fourth-order valence-corrected chi connectivity index (χ4v) is 1.11. The number of nitrogens with zero attached hydrogens (tertiary/aromatic N) is 2. The maximum Gasteiger partial charge on any atom is 0.0462 e. The van der Waals surface area contributed by atoms with Gasteiger partial charge in [-0.25, -0.2) is 0 Å².